The van der Waals surface area contributed by atoms with Crippen molar-refractivity contribution in [2.24, 2.45) is 0 Å². The van der Waals surface area contributed by atoms with Crippen molar-refractivity contribution >= 4 is 46.9 Å². The number of carbonyl (C=O) groups excluding carboxylic acids is 3. The summed E-state index contributed by atoms with van der Waals surface area (Å²) in [5.74, 6) is -0.370. The van der Waals surface area contributed by atoms with E-state index in [-0.39, 0.29) is 11.6 Å². The van der Waals surface area contributed by atoms with Crippen molar-refractivity contribution in [3.63, 3.8) is 0 Å². The lowest BCUT2D eigenvalue weighted by molar-refractivity contribution is -0.116. The van der Waals surface area contributed by atoms with Crippen LogP contribution in [0.25, 0.3) is 6.08 Å². The molecule has 1 unspecified atom stereocenters. The molecule has 0 radical (unpaired) electrons. The molecule has 230 valence electrons. The maximum Gasteiger partial charge on any atom is 0.272 e. The van der Waals surface area contributed by atoms with E-state index in [1.54, 1.807) is 67.8 Å². The lowest BCUT2D eigenvalue weighted by Crippen LogP contribution is -2.30. The molecular formula is C38H33N3O4S. The molecular weight excluding hydrogens is 595 g/mol. The van der Waals surface area contributed by atoms with Gasteiger partial charge in [0.15, 0.2) is 0 Å². The molecule has 5 rings (SSSR count). The van der Waals surface area contributed by atoms with Crippen LogP contribution in [0.15, 0.2) is 144 Å². The van der Waals surface area contributed by atoms with Crippen LogP contribution in [0, 0.1) is 6.92 Å². The van der Waals surface area contributed by atoms with Crippen LogP contribution in [0.5, 0.6) is 5.75 Å². The highest BCUT2D eigenvalue weighted by Gasteiger charge is 2.23. The molecule has 8 heteroatoms. The molecule has 0 saturated heterocycles. The number of hydrogen-bond donors (Lipinski definition) is 3. The van der Waals surface area contributed by atoms with Crippen molar-refractivity contribution in [3.05, 3.63) is 161 Å². The first-order valence-corrected chi connectivity index (χ1v) is 15.5. The second kappa shape index (κ2) is 15.4. The summed E-state index contributed by atoms with van der Waals surface area (Å²) in [5.41, 5.74) is 4.30. The van der Waals surface area contributed by atoms with Gasteiger partial charge in [-0.3, -0.25) is 14.4 Å². The molecule has 0 saturated carbocycles. The SMILES string of the molecule is COc1ccc(NC(=O)C(Sc2cccc(NC(=O)/C(=C/c3ccccc3C)NC(=O)c3ccccc3)c2)c2ccccc2)cc1. The summed E-state index contributed by atoms with van der Waals surface area (Å²) in [7, 11) is 1.59. The van der Waals surface area contributed by atoms with Gasteiger partial charge in [-0.15, -0.1) is 11.8 Å². The van der Waals surface area contributed by atoms with Crippen LogP contribution in [-0.2, 0) is 9.59 Å². The minimum atomic E-state index is -0.573. The van der Waals surface area contributed by atoms with E-state index in [2.05, 4.69) is 16.0 Å². The van der Waals surface area contributed by atoms with Crippen LogP contribution in [0.2, 0.25) is 0 Å². The fourth-order valence-corrected chi connectivity index (χ4v) is 5.69. The third-order valence-corrected chi connectivity index (χ3v) is 8.31. The second-order valence-corrected chi connectivity index (χ2v) is 11.5. The summed E-state index contributed by atoms with van der Waals surface area (Å²) in [5, 5.41) is 8.14. The Balaban J connectivity index is 1.37. The average molecular weight is 628 g/mol. The molecule has 7 nitrogen and oxygen atoms in total. The number of thioether (sulfide) groups is 1. The molecule has 1 atom stereocenters. The number of benzene rings is 5. The fraction of sp³-hybridized carbons (Fsp3) is 0.0789. The van der Waals surface area contributed by atoms with Crippen LogP contribution in [-0.4, -0.2) is 24.8 Å². The van der Waals surface area contributed by atoms with Crippen LogP contribution >= 0.6 is 11.8 Å². The van der Waals surface area contributed by atoms with E-state index < -0.39 is 17.1 Å². The zero-order valence-electron chi connectivity index (χ0n) is 25.4. The lowest BCUT2D eigenvalue weighted by Gasteiger charge is -2.18. The summed E-state index contributed by atoms with van der Waals surface area (Å²) < 4.78 is 5.23. The van der Waals surface area contributed by atoms with Gasteiger partial charge in [0, 0.05) is 21.8 Å². The van der Waals surface area contributed by atoms with E-state index in [1.165, 1.54) is 11.8 Å². The minimum Gasteiger partial charge on any atom is -0.497 e. The molecule has 0 aromatic heterocycles. The highest BCUT2D eigenvalue weighted by molar-refractivity contribution is 8.00. The Labute approximate surface area is 272 Å². The van der Waals surface area contributed by atoms with Crippen molar-refractivity contribution in [1.82, 2.24) is 5.32 Å². The first kappa shape index (κ1) is 31.8. The summed E-state index contributed by atoms with van der Waals surface area (Å²) in [6, 6.07) is 40.3. The number of anilines is 2. The molecule has 0 aliphatic rings. The largest absolute Gasteiger partial charge is 0.497 e. The molecule has 46 heavy (non-hydrogen) atoms. The van der Waals surface area contributed by atoms with Gasteiger partial charge in [0.05, 0.1) is 7.11 Å². The van der Waals surface area contributed by atoms with E-state index in [0.717, 1.165) is 21.6 Å². The summed E-state index contributed by atoms with van der Waals surface area (Å²) in [4.78, 5) is 41.0. The Morgan fingerprint density at radius 1 is 0.717 bits per heavy atom. The standard InChI is InChI=1S/C38H33N3O4S/c1-26-12-9-10-17-29(26)24-34(41-36(42)28-15-7-4-8-16-28)37(43)40-31-18-11-19-33(25-31)46-35(27-13-5-3-6-14-27)38(44)39-30-20-22-32(45-2)23-21-30/h3-25,35H,1-2H3,(H,39,44)(H,40,43)(H,41,42)/b34-24-. The maximum absolute atomic E-state index is 13.6. The first-order chi connectivity index (χ1) is 22.4. The van der Waals surface area contributed by atoms with Crippen LogP contribution in [0.1, 0.15) is 32.3 Å². The van der Waals surface area contributed by atoms with Crippen LogP contribution < -0.4 is 20.7 Å². The highest BCUT2D eigenvalue weighted by Crippen LogP contribution is 2.37. The van der Waals surface area contributed by atoms with Crippen molar-refractivity contribution in [2.75, 3.05) is 17.7 Å². The summed E-state index contributed by atoms with van der Waals surface area (Å²) in [6.45, 7) is 1.94. The van der Waals surface area contributed by atoms with Crippen LogP contribution in [0.4, 0.5) is 11.4 Å². The van der Waals surface area contributed by atoms with E-state index in [0.29, 0.717) is 22.7 Å². The molecule has 5 aromatic rings. The van der Waals surface area contributed by atoms with Gasteiger partial charge in [-0.25, -0.2) is 0 Å². The molecule has 0 fully saturated rings. The van der Waals surface area contributed by atoms with E-state index >= 15 is 0 Å². The predicted molar refractivity (Wildman–Crippen MR) is 185 cm³/mol. The number of ether oxygens (including phenoxy) is 1. The van der Waals surface area contributed by atoms with Crippen molar-refractivity contribution in [2.45, 2.75) is 17.1 Å². The molecule has 3 amide bonds. The third kappa shape index (κ3) is 8.52. The summed E-state index contributed by atoms with van der Waals surface area (Å²) >= 11 is 1.37. The normalized spacial score (nSPS) is 11.7. The van der Waals surface area contributed by atoms with E-state index in [9.17, 15) is 14.4 Å². The number of methoxy groups -OCH3 is 1. The molecule has 0 aliphatic heterocycles. The van der Waals surface area contributed by atoms with E-state index in [4.69, 9.17) is 4.74 Å². The lowest BCUT2D eigenvalue weighted by atomic mass is 10.1. The number of amides is 3. The smallest absolute Gasteiger partial charge is 0.272 e. The fourth-order valence-electron chi connectivity index (χ4n) is 4.61. The number of aryl methyl sites for hydroxylation is 1. The molecule has 0 heterocycles. The predicted octanol–water partition coefficient (Wildman–Crippen LogP) is 7.89. The van der Waals surface area contributed by atoms with Crippen molar-refractivity contribution in [3.8, 4) is 5.75 Å². The minimum absolute atomic E-state index is 0.0993. The first-order valence-electron chi connectivity index (χ1n) is 14.6. The zero-order chi connectivity index (χ0) is 32.3. The number of nitrogens with one attached hydrogen (secondary N) is 3. The maximum atomic E-state index is 13.6. The second-order valence-electron chi connectivity index (χ2n) is 10.3. The van der Waals surface area contributed by atoms with Gasteiger partial charge in [-0.05, 0) is 84.3 Å². The van der Waals surface area contributed by atoms with Gasteiger partial charge in [-0.2, -0.15) is 0 Å². The Bertz CT molecular complexity index is 1840. The molecule has 0 aliphatic carbocycles. The monoisotopic (exact) mass is 627 g/mol. The Morgan fingerprint density at radius 3 is 2.09 bits per heavy atom. The highest BCUT2D eigenvalue weighted by atomic mass is 32.2. The number of hydrogen-bond acceptors (Lipinski definition) is 5. The molecule has 3 N–H and O–H groups in total. The molecule has 5 aromatic carbocycles. The zero-order valence-corrected chi connectivity index (χ0v) is 26.2. The number of carbonyl (C=O) groups is 3. The van der Waals surface area contributed by atoms with Crippen molar-refractivity contribution < 1.29 is 19.1 Å². The topological polar surface area (TPSA) is 96.5 Å². The summed E-state index contributed by atoms with van der Waals surface area (Å²) in [6.07, 6.45) is 1.67. The number of rotatable bonds is 11. The van der Waals surface area contributed by atoms with Gasteiger partial charge in [0.25, 0.3) is 11.8 Å². The van der Waals surface area contributed by atoms with E-state index in [1.807, 2.05) is 85.8 Å². The van der Waals surface area contributed by atoms with Gasteiger partial charge >= 0.3 is 0 Å². The van der Waals surface area contributed by atoms with Gasteiger partial charge in [0.2, 0.25) is 5.91 Å². The van der Waals surface area contributed by atoms with Crippen LogP contribution in [0.3, 0.4) is 0 Å². The van der Waals surface area contributed by atoms with Gasteiger partial charge < -0.3 is 20.7 Å². The Morgan fingerprint density at radius 2 is 1.39 bits per heavy atom. The quantitative estimate of drug-likeness (QED) is 0.102. The molecule has 0 bridgehead atoms. The van der Waals surface area contributed by atoms with Gasteiger partial charge in [0.1, 0.15) is 16.7 Å². The third-order valence-electron chi connectivity index (χ3n) is 7.06. The molecule has 0 spiro atoms. The average Bonchev–Trinajstić information content (AvgIpc) is 3.09. The van der Waals surface area contributed by atoms with Gasteiger partial charge in [-0.1, -0.05) is 78.9 Å². The van der Waals surface area contributed by atoms with Crippen molar-refractivity contribution in [1.29, 1.82) is 0 Å². The Kier molecular flexibility index (Phi) is 10.7. The Hall–Kier alpha value is -5.60.